The van der Waals surface area contributed by atoms with Gasteiger partial charge in [0.25, 0.3) is 0 Å². The van der Waals surface area contributed by atoms with Crippen LogP contribution in [-0.4, -0.2) is 12.0 Å². The van der Waals surface area contributed by atoms with E-state index in [-0.39, 0.29) is 11.5 Å². The van der Waals surface area contributed by atoms with Gasteiger partial charge in [-0.3, -0.25) is 0 Å². The summed E-state index contributed by atoms with van der Waals surface area (Å²) in [7, 11) is 1.90. The molecule has 1 aromatic carbocycles. The first-order chi connectivity index (χ1) is 8.91. The Morgan fingerprint density at radius 2 is 1.79 bits per heavy atom. The topological polar surface area (TPSA) is 38.1 Å². The molecule has 0 fully saturated rings. The van der Waals surface area contributed by atoms with Crippen molar-refractivity contribution in [3.05, 3.63) is 41.9 Å². The van der Waals surface area contributed by atoms with Crippen molar-refractivity contribution >= 4 is 0 Å². The molecular weight excluding hydrogens is 236 g/mol. The van der Waals surface area contributed by atoms with Gasteiger partial charge in [-0.05, 0) is 24.9 Å². The lowest BCUT2D eigenvalue weighted by molar-refractivity contribution is 0.441. The Morgan fingerprint density at radius 1 is 1.16 bits per heavy atom. The number of nitrogens with zero attached hydrogens (tertiary/aromatic N) is 1. The molecule has 0 saturated carbocycles. The van der Waals surface area contributed by atoms with Gasteiger partial charge in [-0.1, -0.05) is 45.0 Å². The first-order valence-electron chi connectivity index (χ1n) is 6.65. The lowest BCUT2D eigenvalue weighted by Gasteiger charge is -2.18. The molecule has 0 amide bonds. The van der Waals surface area contributed by atoms with Crippen LogP contribution in [0.4, 0.5) is 0 Å². The van der Waals surface area contributed by atoms with Crippen LogP contribution in [0.2, 0.25) is 0 Å². The van der Waals surface area contributed by atoms with Crippen LogP contribution in [0.1, 0.15) is 45.2 Å². The van der Waals surface area contributed by atoms with Gasteiger partial charge in [-0.2, -0.15) is 0 Å². The van der Waals surface area contributed by atoms with Crippen molar-refractivity contribution < 1.29 is 4.42 Å². The minimum absolute atomic E-state index is 0.127. The summed E-state index contributed by atoms with van der Waals surface area (Å²) in [6.45, 7) is 8.66. The van der Waals surface area contributed by atoms with E-state index in [2.05, 4.69) is 55.3 Å². The summed E-state index contributed by atoms with van der Waals surface area (Å²) in [5.74, 6) is 1.54. The van der Waals surface area contributed by atoms with Gasteiger partial charge < -0.3 is 9.73 Å². The van der Waals surface area contributed by atoms with Crippen LogP contribution >= 0.6 is 0 Å². The third-order valence-electron chi connectivity index (χ3n) is 3.36. The fraction of sp³-hybridized carbons (Fsp3) is 0.438. The van der Waals surface area contributed by atoms with E-state index in [1.54, 1.807) is 6.20 Å². The Bertz CT molecular complexity index is 535. The van der Waals surface area contributed by atoms with Gasteiger partial charge in [0.15, 0.2) is 5.76 Å². The largest absolute Gasteiger partial charge is 0.439 e. The highest BCUT2D eigenvalue weighted by molar-refractivity contribution is 5.57. The maximum Gasteiger partial charge on any atom is 0.211 e. The van der Waals surface area contributed by atoms with Crippen LogP contribution in [0.3, 0.4) is 0 Å². The third-order valence-corrected chi connectivity index (χ3v) is 3.36. The van der Waals surface area contributed by atoms with E-state index in [1.165, 1.54) is 5.56 Å². The molecule has 0 aliphatic rings. The van der Waals surface area contributed by atoms with Crippen LogP contribution in [0.25, 0.3) is 11.3 Å². The van der Waals surface area contributed by atoms with E-state index in [9.17, 15) is 0 Å². The molecule has 19 heavy (non-hydrogen) atoms. The standard InChI is InChI=1S/C16H22N2O/c1-11(17-5)15-18-10-14(19-15)12-6-8-13(9-7-12)16(2,3)4/h6-11,17H,1-5H3. The number of oxazole rings is 1. The zero-order valence-electron chi connectivity index (χ0n) is 12.3. The summed E-state index contributed by atoms with van der Waals surface area (Å²) < 4.78 is 5.77. The normalized spacial score (nSPS) is 13.5. The van der Waals surface area contributed by atoms with Crippen molar-refractivity contribution in [2.45, 2.75) is 39.2 Å². The second-order valence-corrected chi connectivity index (χ2v) is 5.90. The number of aromatic nitrogens is 1. The summed E-state index contributed by atoms with van der Waals surface area (Å²) in [5, 5.41) is 3.12. The molecule has 3 heteroatoms. The summed E-state index contributed by atoms with van der Waals surface area (Å²) in [6.07, 6.45) is 1.79. The van der Waals surface area contributed by atoms with Crippen molar-refractivity contribution in [2.24, 2.45) is 0 Å². The van der Waals surface area contributed by atoms with Crippen molar-refractivity contribution in [2.75, 3.05) is 7.05 Å². The van der Waals surface area contributed by atoms with E-state index in [0.29, 0.717) is 0 Å². The minimum Gasteiger partial charge on any atom is -0.439 e. The summed E-state index contributed by atoms with van der Waals surface area (Å²) in [5.41, 5.74) is 2.56. The molecule has 1 heterocycles. The first-order valence-corrected chi connectivity index (χ1v) is 6.65. The molecule has 102 valence electrons. The number of nitrogens with one attached hydrogen (secondary N) is 1. The van der Waals surface area contributed by atoms with E-state index < -0.39 is 0 Å². The predicted molar refractivity (Wildman–Crippen MR) is 78.1 cm³/mol. The SMILES string of the molecule is CNC(C)c1ncc(-c2ccc(C(C)(C)C)cc2)o1. The Morgan fingerprint density at radius 3 is 2.32 bits per heavy atom. The monoisotopic (exact) mass is 258 g/mol. The van der Waals surface area contributed by atoms with Crippen molar-refractivity contribution in [1.82, 2.24) is 10.3 Å². The second-order valence-electron chi connectivity index (χ2n) is 5.90. The van der Waals surface area contributed by atoms with E-state index in [4.69, 9.17) is 4.42 Å². The molecule has 2 aromatic rings. The Kier molecular flexibility index (Phi) is 3.76. The van der Waals surface area contributed by atoms with Crippen LogP contribution < -0.4 is 5.32 Å². The van der Waals surface area contributed by atoms with Gasteiger partial charge in [0.2, 0.25) is 5.89 Å². The zero-order valence-corrected chi connectivity index (χ0v) is 12.3. The Balaban J connectivity index is 2.25. The van der Waals surface area contributed by atoms with Crippen molar-refractivity contribution in [3.8, 4) is 11.3 Å². The maximum atomic E-state index is 5.77. The molecule has 1 N–H and O–H groups in total. The molecule has 3 nitrogen and oxygen atoms in total. The molecule has 0 spiro atoms. The maximum absolute atomic E-state index is 5.77. The fourth-order valence-electron chi connectivity index (χ4n) is 1.88. The van der Waals surface area contributed by atoms with Crippen LogP contribution in [0.5, 0.6) is 0 Å². The molecule has 0 bridgehead atoms. The van der Waals surface area contributed by atoms with E-state index in [1.807, 2.05) is 14.0 Å². The molecular formula is C16H22N2O. The van der Waals surface area contributed by atoms with Crippen LogP contribution in [0.15, 0.2) is 34.9 Å². The summed E-state index contributed by atoms with van der Waals surface area (Å²) in [6, 6.07) is 8.62. The minimum atomic E-state index is 0.127. The smallest absolute Gasteiger partial charge is 0.211 e. The molecule has 1 aromatic heterocycles. The van der Waals surface area contributed by atoms with Gasteiger partial charge in [-0.25, -0.2) is 4.98 Å². The van der Waals surface area contributed by atoms with Crippen molar-refractivity contribution in [3.63, 3.8) is 0 Å². The van der Waals surface area contributed by atoms with Gasteiger partial charge >= 0.3 is 0 Å². The Hall–Kier alpha value is -1.61. The molecule has 0 saturated heterocycles. The molecule has 2 rings (SSSR count). The lowest BCUT2D eigenvalue weighted by atomic mass is 9.86. The zero-order chi connectivity index (χ0) is 14.0. The van der Waals surface area contributed by atoms with Gasteiger partial charge in [0, 0.05) is 5.56 Å². The molecule has 1 atom stereocenters. The molecule has 0 aliphatic heterocycles. The highest BCUT2D eigenvalue weighted by atomic mass is 16.4. The molecule has 1 unspecified atom stereocenters. The van der Waals surface area contributed by atoms with Gasteiger partial charge in [0.05, 0.1) is 12.2 Å². The summed E-state index contributed by atoms with van der Waals surface area (Å²) in [4.78, 5) is 4.31. The number of hydrogen-bond acceptors (Lipinski definition) is 3. The number of hydrogen-bond donors (Lipinski definition) is 1. The fourth-order valence-corrected chi connectivity index (χ4v) is 1.88. The number of rotatable bonds is 3. The lowest BCUT2D eigenvalue weighted by Crippen LogP contribution is -2.12. The highest BCUT2D eigenvalue weighted by Crippen LogP contribution is 2.27. The predicted octanol–water partition coefficient (Wildman–Crippen LogP) is 3.92. The first kappa shape index (κ1) is 13.8. The highest BCUT2D eigenvalue weighted by Gasteiger charge is 2.15. The average molecular weight is 258 g/mol. The number of benzene rings is 1. The molecule has 0 aliphatic carbocycles. The van der Waals surface area contributed by atoms with Gasteiger partial charge in [-0.15, -0.1) is 0 Å². The average Bonchev–Trinajstić information content (AvgIpc) is 2.86. The van der Waals surface area contributed by atoms with E-state index >= 15 is 0 Å². The quantitative estimate of drug-likeness (QED) is 0.906. The van der Waals surface area contributed by atoms with E-state index in [0.717, 1.165) is 17.2 Å². The Labute approximate surface area is 115 Å². The van der Waals surface area contributed by atoms with Crippen LogP contribution in [-0.2, 0) is 5.41 Å². The van der Waals surface area contributed by atoms with Gasteiger partial charge in [0.1, 0.15) is 0 Å². The van der Waals surface area contributed by atoms with Crippen molar-refractivity contribution in [1.29, 1.82) is 0 Å². The second kappa shape index (κ2) is 5.17. The van der Waals surface area contributed by atoms with Crippen LogP contribution in [0, 0.1) is 0 Å². The third kappa shape index (κ3) is 3.04. The summed E-state index contributed by atoms with van der Waals surface area (Å²) >= 11 is 0. The molecule has 0 radical (unpaired) electrons.